The van der Waals surface area contributed by atoms with E-state index in [1.807, 2.05) is 6.07 Å². The minimum Gasteiger partial charge on any atom is -0.465 e. The van der Waals surface area contributed by atoms with E-state index in [2.05, 4.69) is 0 Å². The van der Waals surface area contributed by atoms with Gasteiger partial charge in [0, 0.05) is 19.5 Å². The summed E-state index contributed by atoms with van der Waals surface area (Å²) >= 11 is 0. The van der Waals surface area contributed by atoms with Crippen LogP contribution in [0.25, 0.3) is 10.9 Å². The summed E-state index contributed by atoms with van der Waals surface area (Å²) in [4.78, 5) is 37.9. The van der Waals surface area contributed by atoms with Crippen molar-refractivity contribution < 1.29 is 19.1 Å². The number of nitrogens with zero attached hydrogens (tertiary/aromatic N) is 2. The Bertz CT molecular complexity index is 876. The molecule has 1 aromatic carbocycles. The molecule has 3 rings (SSSR count). The van der Waals surface area contributed by atoms with E-state index >= 15 is 0 Å². The lowest BCUT2D eigenvalue weighted by Crippen LogP contribution is -2.27. The van der Waals surface area contributed by atoms with E-state index in [4.69, 9.17) is 4.74 Å². The largest absolute Gasteiger partial charge is 0.465 e. The second kappa shape index (κ2) is 7.94. The number of benzene rings is 1. The Balaban J connectivity index is 2.22. The number of carbonyl (C=O) groups is 3. The molecule has 0 radical (unpaired) electrons. The lowest BCUT2D eigenvalue weighted by Gasteiger charge is -2.22. The van der Waals surface area contributed by atoms with Gasteiger partial charge in [0.15, 0.2) is 6.29 Å². The molecule has 0 saturated heterocycles. The summed E-state index contributed by atoms with van der Waals surface area (Å²) in [6, 6.07) is 5.34. The average molecular weight is 370 g/mol. The predicted molar refractivity (Wildman–Crippen MR) is 103 cm³/mol. The molecule has 27 heavy (non-hydrogen) atoms. The van der Waals surface area contributed by atoms with Crippen LogP contribution < -0.4 is 0 Å². The summed E-state index contributed by atoms with van der Waals surface area (Å²) < 4.78 is 6.58. The third-order valence-corrected chi connectivity index (χ3v) is 5.48. The number of aldehydes is 1. The van der Waals surface area contributed by atoms with Crippen molar-refractivity contribution in [3.63, 3.8) is 0 Å². The fourth-order valence-electron chi connectivity index (χ4n) is 4.04. The van der Waals surface area contributed by atoms with Crippen LogP contribution in [-0.2, 0) is 16.1 Å². The number of ether oxygens (including phenoxy) is 1. The van der Waals surface area contributed by atoms with Gasteiger partial charge in [-0.1, -0.05) is 25.3 Å². The first-order valence-electron chi connectivity index (χ1n) is 9.37. The Morgan fingerprint density at radius 2 is 1.93 bits per heavy atom. The van der Waals surface area contributed by atoms with Crippen LogP contribution in [0.5, 0.6) is 0 Å². The van der Waals surface area contributed by atoms with Crippen molar-refractivity contribution in [2.24, 2.45) is 0 Å². The van der Waals surface area contributed by atoms with Crippen LogP contribution in [0.15, 0.2) is 18.2 Å². The smallest absolute Gasteiger partial charge is 0.337 e. The minimum absolute atomic E-state index is 0.0644. The molecule has 0 aliphatic heterocycles. The third-order valence-electron chi connectivity index (χ3n) is 5.48. The molecule has 6 heteroatoms. The lowest BCUT2D eigenvalue weighted by atomic mass is 9.82. The van der Waals surface area contributed by atoms with Crippen LogP contribution in [0.4, 0.5) is 0 Å². The molecule has 0 N–H and O–H groups in total. The monoisotopic (exact) mass is 370 g/mol. The number of amides is 1. The molecule has 1 aliphatic carbocycles. The number of esters is 1. The highest BCUT2D eigenvalue weighted by atomic mass is 16.5. The van der Waals surface area contributed by atoms with Crippen molar-refractivity contribution in [3.8, 4) is 0 Å². The molecule has 1 heterocycles. The van der Waals surface area contributed by atoms with Gasteiger partial charge in [-0.3, -0.25) is 9.59 Å². The van der Waals surface area contributed by atoms with E-state index in [0.717, 1.165) is 48.4 Å². The van der Waals surface area contributed by atoms with E-state index in [-0.39, 0.29) is 12.5 Å². The fourth-order valence-corrected chi connectivity index (χ4v) is 4.04. The predicted octanol–water partition coefficient (Wildman–Crippen LogP) is 3.38. The summed E-state index contributed by atoms with van der Waals surface area (Å²) in [7, 11) is 4.72. The molecule has 0 bridgehead atoms. The van der Waals surface area contributed by atoms with Gasteiger partial charge in [-0.2, -0.15) is 0 Å². The van der Waals surface area contributed by atoms with Crippen molar-refractivity contribution in [3.05, 3.63) is 35.0 Å². The lowest BCUT2D eigenvalue weighted by molar-refractivity contribution is -0.129. The molecular weight excluding hydrogens is 344 g/mol. The number of likely N-dealkylation sites (N-methyl/N-ethyl adjacent to an activating group) is 1. The van der Waals surface area contributed by atoms with Gasteiger partial charge >= 0.3 is 5.97 Å². The van der Waals surface area contributed by atoms with Gasteiger partial charge in [-0.05, 0) is 36.5 Å². The van der Waals surface area contributed by atoms with Gasteiger partial charge in [0.2, 0.25) is 5.91 Å². The van der Waals surface area contributed by atoms with Crippen molar-refractivity contribution in [1.29, 1.82) is 0 Å². The van der Waals surface area contributed by atoms with Crippen molar-refractivity contribution in [2.45, 2.75) is 44.6 Å². The maximum atomic E-state index is 12.4. The van der Waals surface area contributed by atoms with E-state index < -0.39 is 5.97 Å². The summed E-state index contributed by atoms with van der Waals surface area (Å²) in [5, 5.41) is 0.947. The maximum absolute atomic E-state index is 12.4. The molecule has 1 fully saturated rings. The first-order chi connectivity index (χ1) is 13.0. The number of fused-ring (bicyclic) bond motifs is 1. The molecule has 2 aromatic rings. The fraction of sp³-hybridized carbons (Fsp3) is 0.476. The van der Waals surface area contributed by atoms with Gasteiger partial charge in [-0.15, -0.1) is 0 Å². The van der Waals surface area contributed by atoms with Crippen molar-refractivity contribution in [1.82, 2.24) is 9.47 Å². The summed E-state index contributed by atoms with van der Waals surface area (Å²) in [6.07, 6.45) is 6.45. The van der Waals surface area contributed by atoms with Gasteiger partial charge in [-0.25, -0.2) is 4.79 Å². The molecule has 0 unspecified atom stereocenters. The number of rotatable bonds is 5. The third kappa shape index (κ3) is 3.61. The highest BCUT2D eigenvalue weighted by Gasteiger charge is 2.27. The van der Waals surface area contributed by atoms with Gasteiger partial charge in [0.1, 0.15) is 6.54 Å². The first kappa shape index (κ1) is 19.1. The standard InChI is InChI=1S/C21H26N2O4/c1-22(2)19(25)12-23-17-11-15(21(26)27-3)9-10-16(17)20(18(23)13-24)14-7-5-4-6-8-14/h9-11,13-14H,4-8,12H2,1-3H3. The molecule has 1 saturated carbocycles. The second-order valence-electron chi connectivity index (χ2n) is 7.35. The highest BCUT2D eigenvalue weighted by molar-refractivity contribution is 5.99. The summed E-state index contributed by atoms with van der Waals surface area (Å²) in [6.45, 7) is 0.0644. The normalized spacial score (nSPS) is 14.9. The number of carbonyl (C=O) groups excluding carboxylic acids is 3. The highest BCUT2D eigenvalue weighted by Crippen LogP contribution is 2.40. The Kier molecular flexibility index (Phi) is 5.63. The SMILES string of the molecule is COC(=O)c1ccc2c(C3CCCCC3)c(C=O)n(CC(=O)N(C)C)c2c1. The number of aromatic nitrogens is 1. The summed E-state index contributed by atoms with van der Waals surface area (Å²) in [5.74, 6) is -0.231. The summed E-state index contributed by atoms with van der Waals surface area (Å²) in [5.41, 5.74) is 2.71. The molecule has 1 amide bonds. The Morgan fingerprint density at radius 3 is 2.52 bits per heavy atom. The zero-order valence-corrected chi connectivity index (χ0v) is 16.2. The van der Waals surface area contributed by atoms with Crippen LogP contribution in [0.3, 0.4) is 0 Å². The van der Waals surface area contributed by atoms with Gasteiger partial charge < -0.3 is 14.2 Å². The number of hydrogen-bond acceptors (Lipinski definition) is 4. The Hall–Kier alpha value is -2.63. The zero-order valence-electron chi connectivity index (χ0n) is 16.2. The maximum Gasteiger partial charge on any atom is 0.337 e. The Labute approximate surface area is 159 Å². The van der Waals surface area contributed by atoms with Crippen molar-refractivity contribution in [2.75, 3.05) is 21.2 Å². The topological polar surface area (TPSA) is 68.6 Å². The van der Waals surface area contributed by atoms with Crippen LogP contribution >= 0.6 is 0 Å². The number of methoxy groups -OCH3 is 1. The Morgan fingerprint density at radius 1 is 1.22 bits per heavy atom. The van der Waals surface area contributed by atoms with Crippen LogP contribution in [0, 0.1) is 0 Å². The van der Waals surface area contributed by atoms with Crippen LogP contribution in [0.2, 0.25) is 0 Å². The molecule has 0 atom stereocenters. The molecule has 0 spiro atoms. The van der Waals surface area contributed by atoms with E-state index in [1.165, 1.54) is 18.4 Å². The van der Waals surface area contributed by atoms with E-state index in [9.17, 15) is 14.4 Å². The molecule has 144 valence electrons. The first-order valence-corrected chi connectivity index (χ1v) is 9.37. The zero-order chi connectivity index (χ0) is 19.6. The molecular formula is C21H26N2O4. The van der Waals surface area contributed by atoms with E-state index in [0.29, 0.717) is 17.2 Å². The van der Waals surface area contributed by atoms with Crippen molar-refractivity contribution >= 4 is 29.1 Å². The van der Waals surface area contributed by atoms with E-state index in [1.54, 1.807) is 30.8 Å². The number of hydrogen-bond donors (Lipinski definition) is 0. The quantitative estimate of drug-likeness (QED) is 0.598. The van der Waals surface area contributed by atoms with Gasteiger partial charge in [0.25, 0.3) is 0 Å². The average Bonchev–Trinajstić information content (AvgIpc) is 3.00. The molecule has 1 aliphatic rings. The van der Waals surface area contributed by atoms with Gasteiger partial charge in [0.05, 0.1) is 23.9 Å². The van der Waals surface area contributed by atoms with Crippen LogP contribution in [0.1, 0.15) is 64.4 Å². The molecule has 6 nitrogen and oxygen atoms in total. The molecule has 1 aromatic heterocycles. The van der Waals surface area contributed by atoms with Crippen LogP contribution in [-0.4, -0.2) is 48.8 Å². The minimum atomic E-state index is -0.435. The second-order valence-corrected chi connectivity index (χ2v) is 7.35.